The molecular weight excluding hydrogens is 378 g/mol. The largest absolute Gasteiger partial charge is 0.379 e. The van der Waals surface area contributed by atoms with Crippen LogP contribution in [0.5, 0.6) is 0 Å². The third kappa shape index (κ3) is 6.03. The van der Waals surface area contributed by atoms with E-state index < -0.39 is 0 Å². The van der Waals surface area contributed by atoms with Gasteiger partial charge in [-0.25, -0.2) is 0 Å². The van der Waals surface area contributed by atoms with Gasteiger partial charge in [-0.2, -0.15) is 0 Å². The molecule has 0 radical (unpaired) electrons. The monoisotopic (exact) mass is 411 g/mol. The van der Waals surface area contributed by atoms with Gasteiger partial charge in [-0.1, -0.05) is 43.2 Å². The Kier molecular flexibility index (Phi) is 8.22. The molecule has 6 nitrogen and oxygen atoms in total. The summed E-state index contributed by atoms with van der Waals surface area (Å²) < 4.78 is 7.04. The summed E-state index contributed by atoms with van der Waals surface area (Å²) in [7, 11) is 0. The third-order valence-corrected chi connectivity index (χ3v) is 5.51. The second kappa shape index (κ2) is 11.1. The van der Waals surface area contributed by atoms with E-state index >= 15 is 0 Å². The first-order chi connectivity index (χ1) is 14.6. The highest BCUT2D eigenvalue weighted by Crippen LogP contribution is 2.20. The normalized spacial score (nSPS) is 14.6. The van der Waals surface area contributed by atoms with Crippen molar-refractivity contribution in [3.8, 4) is 11.1 Å². The SMILES string of the molecule is CCCCn1cc(-c2ccc(C)cc2)cc(C(=O)NCCCN2CCOCC2)c1=O. The van der Waals surface area contributed by atoms with Crippen molar-refractivity contribution in [3.63, 3.8) is 0 Å². The van der Waals surface area contributed by atoms with Crippen LogP contribution in [0.25, 0.3) is 11.1 Å². The van der Waals surface area contributed by atoms with E-state index in [1.165, 1.54) is 5.56 Å². The minimum absolute atomic E-state index is 0.218. The van der Waals surface area contributed by atoms with E-state index in [0.717, 1.165) is 63.2 Å². The van der Waals surface area contributed by atoms with Crippen molar-refractivity contribution in [2.45, 2.75) is 39.7 Å². The molecule has 0 unspecified atom stereocenters. The molecule has 2 aromatic rings. The third-order valence-electron chi connectivity index (χ3n) is 5.51. The fourth-order valence-electron chi connectivity index (χ4n) is 3.62. The average Bonchev–Trinajstić information content (AvgIpc) is 2.77. The first kappa shape index (κ1) is 22.2. The van der Waals surface area contributed by atoms with Gasteiger partial charge in [0.2, 0.25) is 0 Å². The lowest BCUT2D eigenvalue weighted by atomic mass is 10.0. The Balaban J connectivity index is 1.72. The molecule has 0 saturated carbocycles. The maximum absolute atomic E-state index is 12.9. The van der Waals surface area contributed by atoms with Crippen LogP contribution in [0.3, 0.4) is 0 Å². The van der Waals surface area contributed by atoms with Gasteiger partial charge in [0.1, 0.15) is 5.56 Å². The van der Waals surface area contributed by atoms with Crippen LogP contribution in [0.4, 0.5) is 0 Å². The van der Waals surface area contributed by atoms with Crippen LogP contribution >= 0.6 is 0 Å². The number of unbranched alkanes of at least 4 members (excludes halogenated alkanes) is 1. The maximum atomic E-state index is 12.9. The Hall–Kier alpha value is -2.44. The zero-order valence-electron chi connectivity index (χ0n) is 18.2. The summed E-state index contributed by atoms with van der Waals surface area (Å²) in [5.74, 6) is -0.291. The molecule has 2 heterocycles. The van der Waals surface area contributed by atoms with Gasteiger partial charge in [0, 0.05) is 32.4 Å². The van der Waals surface area contributed by atoms with Gasteiger partial charge in [-0.3, -0.25) is 14.5 Å². The lowest BCUT2D eigenvalue weighted by Crippen LogP contribution is -2.38. The second-order valence-corrected chi connectivity index (χ2v) is 7.92. The molecule has 30 heavy (non-hydrogen) atoms. The molecular formula is C24H33N3O3. The molecule has 162 valence electrons. The molecule has 1 N–H and O–H groups in total. The zero-order chi connectivity index (χ0) is 21.3. The van der Waals surface area contributed by atoms with Crippen molar-refractivity contribution in [2.24, 2.45) is 0 Å². The van der Waals surface area contributed by atoms with E-state index in [0.29, 0.717) is 13.1 Å². The van der Waals surface area contributed by atoms with Crippen LogP contribution in [-0.4, -0.2) is 54.8 Å². The summed E-state index contributed by atoms with van der Waals surface area (Å²) >= 11 is 0. The molecule has 1 amide bonds. The average molecular weight is 412 g/mol. The number of nitrogens with one attached hydrogen (secondary N) is 1. The molecule has 0 aliphatic carbocycles. The quantitative estimate of drug-likeness (QED) is 0.644. The van der Waals surface area contributed by atoms with E-state index in [9.17, 15) is 9.59 Å². The number of benzene rings is 1. The number of carbonyl (C=O) groups is 1. The van der Waals surface area contributed by atoms with Crippen molar-refractivity contribution in [3.05, 3.63) is 58.0 Å². The predicted molar refractivity (Wildman–Crippen MR) is 120 cm³/mol. The molecule has 0 bridgehead atoms. The van der Waals surface area contributed by atoms with E-state index in [1.54, 1.807) is 10.6 Å². The Morgan fingerprint density at radius 2 is 1.80 bits per heavy atom. The van der Waals surface area contributed by atoms with E-state index in [-0.39, 0.29) is 17.0 Å². The molecule has 6 heteroatoms. The summed E-state index contributed by atoms with van der Waals surface area (Å²) in [6.07, 6.45) is 4.62. The number of rotatable bonds is 9. The van der Waals surface area contributed by atoms with Crippen LogP contribution in [0.2, 0.25) is 0 Å². The summed E-state index contributed by atoms with van der Waals surface area (Å²) in [5.41, 5.74) is 3.08. The number of pyridine rings is 1. The fraction of sp³-hybridized carbons (Fsp3) is 0.500. The van der Waals surface area contributed by atoms with Gasteiger partial charge in [0.05, 0.1) is 13.2 Å². The molecule has 0 spiro atoms. The van der Waals surface area contributed by atoms with E-state index in [1.807, 2.05) is 37.4 Å². The van der Waals surface area contributed by atoms with Crippen LogP contribution in [0, 0.1) is 6.92 Å². The number of aryl methyl sites for hydroxylation is 2. The summed E-state index contributed by atoms with van der Waals surface area (Å²) in [6.45, 7) is 9.66. The molecule has 1 aromatic carbocycles. The fourth-order valence-corrected chi connectivity index (χ4v) is 3.62. The van der Waals surface area contributed by atoms with Crippen molar-refractivity contribution >= 4 is 5.91 Å². The molecule has 1 aromatic heterocycles. The highest BCUT2D eigenvalue weighted by atomic mass is 16.5. The van der Waals surface area contributed by atoms with Gasteiger partial charge in [-0.15, -0.1) is 0 Å². The molecule has 1 aliphatic rings. The summed E-state index contributed by atoms with van der Waals surface area (Å²) in [6, 6.07) is 9.88. The molecule has 1 fully saturated rings. The maximum Gasteiger partial charge on any atom is 0.263 e. The Bertz CT molecular complexity index is 884. The number of ether oxygens (including phenoxy) is 1. The van der Waals surface area contributed by atoms with Crippen molar-refractivity contribution in [1.82, 2.24) is 14.8 Å². The van der Waals surface area contributed by atoms with Crippen LogP contribution in [0.1, 0.15) is 42.1 Å². The molecule has 0 atom stereocenters. The van der Waals surface area contributed by atoms with Crippen molar-refractivity contribution in [1.29, 1.82) is 0 Å². The first-order valence-electron chi connectivity index (χ1n) is 11.0. The highest BCUT2D eigenvalue weighted by molar-refractivity contribution is 5.95. The number of morpholine rings is 1. The minimum Gasteiger partial charge on any atom is -0.379 e. The lowest BCUT2D eigenvalue weighted by molar-refractivity contribution is 0.0374. The Labute approximate surface area is 178 Å². The number of hydrogen-bond donors (Lipinski definition) is 1. The van der Waals surface area contributed by atoms with Crippen molar-refractivity contribution < 1.29 is 9.53 Å². The topological polar surface area (TPSA) is 63.6 Å². The number of aromatic nitrogens is 1. The smallest absolute Gasteiger partial charge is 0.263 e. The standard InChI is InChI=1S/C24H33N3O3/c1-3-4-12-27-18-21(20-8-6-19(2)7-9-20)17-22(24(27)29)23(28)25-10-5-11-26-13-15-30-16-14-26/h6-9,17-18H,3-5,10-16H2,1-2H3,(H,25,28). The van der Waals surface area contributed by atoms with E-state index in [2.05, 4.69) is 17.1 Å². The van der Waals surface area contributed by atoms with Gasteiger partial charge >= 0.3 is 0 Å². The molecule has 1 aliphatic heterocycles. The van der Waals surface area contributed by atoms with Gasteiger partial charge in [-0.05, 0) is 43.5 Å². The predicted octanol–water partition coefficient (Wildman–Crippen LogP) is 3.08. The highest BCUT2D eigenvalue weighted by Gasteiger charge is 2.15. The van der Waals surface area contributed by atoms with Crippen molar-refractivity contribution in [2.75, 3.05) is 39.4 Å². The molecule has 1 saturated heterocycles. The Morgan fingerprint density at radius 3 is 2.50 bits per heavy atom. The molecule has 3 rings (SSSR count). The van der Waals surface area contributed by atoms with Crippen LogP contribution in [-0.2, 0) is 11.3 Å². The number of nitrogens with zero attached hydrogens (tertiary/aromatic N) is 2. The number of hydrogen-bond acceptors (Lipinski definition) is 4. The van der Waals surface area contributed by atoms with E-state index in [4.69, 9.17) is 4.74 Å². The van der Waals surface area contributed by atoms with Crippen LogP contribution < -0.4 is 10.9 Å². The lowest BCUT2D eigenvalue weighted by Gasteiger charge is -2.26. The number of carbonyl (C=O) groups excluding carboxylic acids is 1. The van der Waals surface area contributed by atoms with Crippen LogP contribution in [0.15, 0.2) is 41.3 Å². The summed E-state index contributed by atoms with van der Waals surface area (Å²) in [4.78, 5) is 28.1. The summed E-state index contributed by atoms with van der Waals surface area (Å²) in [5, 5.41) is 2.94. The van der Waals surface area contributed by atoms with Gasteiger partial charge in [0.25, 0.3) is 11.5 Å². The first-order valence-corrected chi connectivity index (χ1v) is 11.0. The van der Waals surface area contributed by atoms with Gasteiger partial charge < -0.3 is 14.6 Å². The second-order valence-electron chi connectivity index (χ2n) is 7.92. The zero-order valence-corrected chi connectivity index (χ0v) is 18.2. The van der Waals surface area contributed by atoms with Gasteiger partial charge in [0.15, 0.2) is 0 Å². The Morgan fingerprint density at radius 1 is 1.07 bits per heavy atom. The minimum atomic E-state index is -0.291. The number of amides is 1.